The summed E-state index contributed by atoms with van der Waals surface area (Å²) in [6.07, 6.45) is 1.52. The van der Waals surface area contributed by atoms with Crippen LogP contribution in [0.5, 0.6) is 0 Å². The van der Waals surface area contributed by atoms with Gasteiger partial charge in [0.15, 0.2) is 5.78 Å². The van der Waals surface area contributed by atoms with E-state index in [2.05, 4.69) is 18.3 Å². The lowest BCUT2D eigenvalue weighted by atomic mass is 9.60. The van der Waals surface area contributed by atoms with Crippen LogP contribution in [0, 0.1) is 22.6 Å². The monoisotopic (exact) mass is 456 g/mol. The van der Waals surface area contributed by atoms with Crippen molar-refractivity contribution < 1.29 is 14.0 Å². The standard InChI is InChI=1S/C27H25FN4O2/c1-4-15-5-8-17(9-6-15)32-21-12-26(2,3)13-22(33)23(21)27(19(14-29)24(32)30)18-11-16(28)7-10-20(18)31-25(27)34/h5-11H,4,12-13,30H2,1-3H3,(H,31,34)/t27-/m0/s1. The number of carbonyl (C=O) groups is 2. The summed E-state index contributed by atoms with van der Waals surface area (Å²) in [5.41, 5.74) is 7.66. The van der Waals surface area contributed by atoms with Crippen molar-refractivity contribution in [2.24, 2.45) is 11.1 Å². The van der Waals surface area contributed by atoms with E-state index in [9.17, 15) is 19.2 Å². The van der Waals surface area contributed by atoms with Crippen LogP contribution in [-0.4, -0.2) is 11.7 Å². The van der Waals surface area contributed by atoms with Crippen molar-refractivity contribution in [3.05, 3.63) is 82.1 Å². The average molecular weight is 457 g/mol. The van der Waals surface area contributed by atoms with Crippen LogP contribution < -0.4 is 16.0 Å². The second-order valence-electron chi connectivity index (χ2n) is 9.88. The van der Waals surface area contributed by atoms with Gasteiger partial charge in [-0.1, -0.05) is 32.9 Å². The third kappa shape index (κ3) is 2.84. The Morgan fingerprint density at radius 3 is 2.50 bits per heavy atom. The summed E-state index contributed by atoms with van der Waals surface area (Å²) >= 11 is 0. The Hall–Kier alpha value is -3.92. The number of nitrogens with two attached hydrogens (primary N) is 1. The van der Waals surface area contributed by atoms with Crippen molar-refractivity contribution in [2.45, 2.75) is 45.4 Å². The number of carbonyl (C=O) groups excluding carboxylic acids is 2. The lowest BCUT2D eigenvalue weighted by molar-refractivity contribution is -0.123. The molecule has 2 aromatic carbocycles. The number of hydrogen-bond donors (Lipinski definition) is 2. The fourth-order valence-corrected chi connectivity index (χ4v) is 5.57. The minimum Gasteiger partial charge on any atom is -0.384 e. The minimum absolute atomic E-state index is 0.0688. The Balaban J connectivity index is 1.87. The summed E-state index contributed by atoms with van der Waals surface area (Å²) < 4.78 is 14.4. The normalized spacial score (nSPS) is 23.1. The molecule has 0 unspecified atom stereocenters. The van der Waals surface area contributed by atoms with Crippen molar-refractivity contribution in [3.63, 3.8) is 0 Å². The van der Waals surface area contributed by atoms with Gasteiger partial charge in [-0.3, -0.25) is 14.5 Å². The molecule has 0 fully saturated rings. The molecular weight excluding hydrogens is 431 g/mol. The van der Waals surface area contributed by atoms with Crippen LogP contribution in [0.2, 0.25) is 0 Å². The third-order valence-electron chi connectivity index (χ3n) is 7.06. The number of fused-ring (bicyclic) bond motifs is 3. The molecule has 3 N–H and O–H groups in total. The number of allylic oxidation sites excluding steroid dienone is 1. The smallest absolute Gasteiger partial charge is 0.245 e. The van der Waals surface area contributed by atoms with Gasteiger partial charge in [0.25, 0.3) is 0 Å². The predicted molar refractivity (Wildman–Crippen MR) is 127 cm³/mol. The van der Waals surface area contributed by atoms with Crippen molar-refractivity contribution in [1.82, 2.24) is 0 Å². The molecule has 6 nitrogen and oxygen atoms in total. The highest BCUT2D eigenvalue weighted by Crippen LogP contribution is 2.57. The zero-order valence-corrected chi connectivity index (χ0v) is 19.3. The van der Waals surface area contributed by atoms with Gasteiger partial charge in [0.2, 0.25) is 5.91 Å². The van der Waals surface area contributed by atoms with E-state index in [1.807, 2.05) is 38.1 Å². The van der Waals surface area contributed by atoms with Crippen LogP contribution in [0.15, 0.2) is 65.1 Å². The molecule has 1 aliphatic carbocycles. The number of nitriles is 1. The topological polar surface area (TPSA) is 99.2 Å². The Kier molecular flexibility index (Phi) is 4.70. The second-order valence-corrected chi connectivity index (χ2v) is 9.88. The molecule has 5 rings (SSSR count). The quantitative estimate of drug-likeness (QED) is 0.696. The number of ketones is 1. The summed E-state index contributed by atoms with van der Waals surface area (Å²) in [7, 11) is 0. The summed E-state index contributed by atoms with van der Waals surface area (Å²) in [5, 5.41) is 13.1. The predicted octanol–water partition coefficient (Wildman–Crippen LogP) is 4.44. The number of nitrogens with zero attached hydrogens (tertiary/aromatic N) is 2. The van der Waals surface area contributed by atoms with Crippen molar-refractivity contribution >= 4 is 23.1 Å². The number of halogens is 1. The molecule has 0 saturated carbocycles. The molecule has 1 amide bonds. The number of amides is 1. The number of Topliss-reactive ketones (excluding diaryl/α,β-unsaturated/α-hetero) is 1. The molecule has 34 heavy (non-hydrogen) atoms. The summed E-state index contributed by atoms with van der Waals surface area (Å²) in [6, 6.07) is 13.8. The minimum atomic E-state index is -1.78. The van der Waals surface area contributed by atoms with Crippen LogP contribution in [0.25, 0.3) is 0 Å². The fraction of sp³-hybridized carbons (Fsp3) is 0.296. The summed E-state index contributed by atoms with van der Waals surface area (Å²) in [5.74, 6) is -1.29. The van der Waals surface area contributed by atoms with E-state index >= 15 is 0 Å². The highest BCUT2D eigenvalue weighted by atomic mass is 19.1. The molecule has 0 radical (unpaired) electrons. The van der Waals surface area contributed by atoms with Gasteiger partial charge in [-0.05, 0) is 54.2 Å². The van der Waals surface area contributed by atoms with E-state index in [1.165, 1.54) is 18.2 Å². The van der Waals surface area contributed by atoms with Gasteiger partial charge in [-0.2, -0.15) is 5.26 Å². The summed E-state index contributed by atoms with van der Waals surface area (Å²) in [4.78, 5) is 29.1. The highest BCUT2D eigenvalue weighted by Gasteiger charge is 2.61. The Morgan fingerprint density at radius 2 is 1.85 bits per heavy atom. The molecule has 7 heteroatoms. The van der Waals surface area contributed by atoms with Crippen LogP contribution in [0.3, 0.4) is 0 Å². The van der Waals surface area contributed by atoms with Gasteiger partial charge in [0.1, 0.15) is 23.1 Å². The lowest BCUT2D eigenvalue weighted by Crippen LogP contribution is -2.52. The molecule has 3 aliphatic rings. The van der Waals surface area contributed by atoms with Gasteiger partial charge >= 0.3 is 0 Å². The number of anilines is 2. The summed E-state index contributed by atoms with van der Waals surface area (Å²) in [6.45, 7) is 6.03. The maximum absolute atomic E-state index is 14.4. The molecule has 2 aliphatic heterocycles. The van der Waals surface area contributed by atoms with E-state index in [4.69, 9.17) is 5.73 Å². The number of rotatable bonds is 2. The maximum Gasteiger partial charge on any atom is 0.245 e. The zero-order valence-electron chi connectivity index (χ0n) is 19.3. The molecule has 0 aromatic heterocycles. The first-order chi connectivity index (χ1) is 16.1. The van der Waals surface area contributed by atoms with Gasteiger partial charge in [-0.25, -0.2) is 4.39 Å². The molecule has 2 aromatic rings. The van der Waals surface area contributed by atoms with Gasteiger partial charge in [0, 0.05) is 34.6 Å². The second kappa shape index (κ2) is 7.29. The van der Waals surface area contributed by atoms with Crippen molar-refractivity contribution in [1.29, 1.82) is 5.26 Å². The van der Waals surface area contributed by atoms with Crippen LogP contribution in [0.1, 0.15) is 44.7 Å². The number of aryl methyl sites for hydroxylation is 1. The van der Waals surface area contributed by atoms with Gasteiger partial charge in [0.05, 0.1) is 5.57 Å². The van der Waals surface area contributed by atoms with Crippen LogP contribution >= 0.6 is 0 Å². The lowest BCUT2D eigenvalue weighted by Gasteiger charge is -2.46. The van der Waals surface area contributed by atoms with Crippen molar-refractivity contribution in [2.75, 3.05) is 10.2 Å². The first-order valence-electron chi connectivity index (χ1n) is 11.3. The van der Waals surface area contributed by atoms with E-state index in [0.717, 1.165) is 12.0 Å². The molecular formula is C27H25FN4O2. The third-order valence-corrected chi connectivity index (χ3v) is 7.06. The molecule has 1 atom stereocenters. The zero-order chi connectivity index (χ0) is 24.4. The molecule has 172 valence electrons. The Morgan fingerprint density at radius 1 is 1.15 bits per heavy atom. The van der Waals surface area contributed by atoms with Crippen LogP contribution in [0.4, 0.5) is 15.8 Å². The van der Waals surface area contributed by atoms with Gasteiger partial charge < -0.3 is 11.1 Å². The average Bonchev–Trinajstić information content (AvgIpc) is 3.05. The van der Waals surface area contributed by atoms with E-state index in [1.54, 1.807) is 4.90 Å². The SMILES string of the molecule is CCc1ccc(N2C(N)=C(C#N)[C@]3(C(=O)Nc4ccc(F)cc43)C3=C2CC(C)(C)CC3=O)cc1. The first-order valence-corrected chi connectivity index (χ1v) is 11.3. The highest BCUT2D eigenvalue weighted by molar-refractivity contribution is 6.20. The Labute approximate surface area is 197 Å². The van der Waals surface area contributed by atoms with E-state index < -0.39 is 17.1 Å². The first kappa shape index (κ1) is 21.9. The molecule has 0 bridgehead atoms. The maximum atomic E-state index is 14.4. The number of hydrogen-bond acceptors (Lipinski definition) is 5. The van der Waals surface area contributed by atoms with Crippen molar-refractivity contribution in [3.8, 4) is 6.07 Å². The molecule has 2 heterocycles. The fourth-order valence-electron chi connectivity index (χ4n) is 5.57. The molecule has 1 spiro atoms. The van der Waals surface area contributed by atoms with E-state index in [-0.39, 0.29) is 40.1 Å². The number of nitrogens with one attached hydrogen (secondary N) is 1. The van der Waals surface area contributed by atoms with E-state index in [0.29, 0.717) is 23.5 Å². The largest absolute Gasteiger partial charge is 0.384 e. The Bertz CT molecular complexity index is 1360. The molecule has 0 saturated heterocycles. The van der Waals surface area contributed by atoms with Gasteiger partial charge in [-0.15, -0.1) is 0 Å². The van der Waals surface area contributed by atoms with Crippen LogP contribution in [-0.2, 0) is 21.4 Å². The number of benzene rings is 2.